The summed E-state index contributed by atoms with van der Waals surface area (Å²) in [5.74, 6) is -0.0142. The van der Waals surface area contributed by atoms with Crippen LogP contribution < -0.4 is 10.5 Å². The number of hydrogen-bond donors (Lipinski definition) is 1. The molecule has 2 heterocycles. The van der Waals surface area contributed by atoms with E-state index in [1.165, 1.54) is 5.56 Å². The highest BCUT2D eigenvalue weighted by molar-refractivity contribution is 6.00. The Hall–Kier alpha value is -2.95. The van der Waals surface area contributed by atoms with Gasteiger partial charge in [0, 0.05) is 16.6 Å². The fourth-order valence-corrected chi connectivity index (χ4v) is 3.75. The second kappa shape index (κ2) is 5.55. The van der Waals surface area contributed by atoms with Gasteiger partial charge in [0.05, 0.1) is 17.5 Å². The summed E-state index contributed by atoms with van der Waals surface area (Å²) in [6.07, 6.45) is 0.976. The molecule has 0 aliphatic carbocycles. The molecule has 1 amide bonds. The number of anilines is 1. The Kier molecular flexibility index (Phi) is 3.46. The van der Waals surface area contributed by atoms with Gasteiger partial charge >= 0.3 is 0 Å². The third-order valence-electron chi connectivity index (χ3n) is 4.80. The van der Waals surface area contributed by atoms with Gasteiger partial charge in [0.1, 0.15) is 0 Å². The Labute approximate surface area is 145 Å². The maximum atomic E-state index is 13.1. The van der Waals surface area contributed by atoms with E-state index < -0.39 is 0 Å². The second-order valence-corrected chi connectivity index (χ2v) is 7.07. The largest absolute Gasteiger partial charge is 0.306 e. The predicted octanol–water partition coefficient (Wildman–Crippen LogP) is 2.83. The molecular formula is C20H19N3O2. The molecule has 1 aliphatic heterocycles. The molecule has 126 valence electrons. The number of fused-ring (bicyclic) bond motifs is 2. The maximum Gasteiger partial charge on any atom is 0.272 e. The van der Waals surface area contributed by atoms with Gasteiger partial charge in [-0.15, -0.1) is 0 Å². The van der Waals surface area contributed by atoms with Crippen molar-refractivity contribution in [3.63, 3.8) is 0 Å². The predicted molar refractivity (Wildman–Crippen MR) is 97.8 cm³/mol. The summed E-state index contributed by atoms with van der Waals surface area (Å²) in [4.78, 5) is 26.9. The number of H-pyrrole nitrogens is 1. The molecule has 1 N–H and O–H groups in total. The topological polar surface area (TPSA) is 66.1 Å². The van der Waals surface area contributed by atoms with Gasteiger partial charge in [0.2, 0.25) is 5.91 Å². The lowest BCUT2D eigenvalue weighted by Gasteiger charge is -2.32. The van der Waals surface area contributed by atoms with E-state index in [1.54, 1.807) is 6.07 Å². The van der Waals surface area contributed by atoms with Crippen molar-refractivity contribution in [3.8, 4) is 0 Å². The van der Waals surface area contributed by atoms with Crippen molar-refractivity contribution in [2.45, 2.75) is 32.2 Å². The van der Waals surface area contributed by atoms with Crippen molar-refractivity contribution in [2.24, 2.45) is 0 Å². The normalized spacial score (nSPS) is 15.4. The van der Waals surface area contributed by atoms with E-state index >= 15 is 0 Å². The Morgan fingerprint density at radius 2 is 1.80 bits per heavy atom. The van der Waals surface area contributed by atoms with Gasteiger partial charge in [-0.2, -0.15) is 5.10 Å². The van der Waals surface area contributed by atoms with E-state index in [0.29, 0.717) is 11.1 Å². The van der Waals surface area contributed by atoms with Gasteiger partial charge in [-0.3, -0.25) is 9.59 Å². The van der Waals surface area contributed by atoms with Crippen molar-refractivity contribution < 1.29 is 4.79 Å². The lowest BCUT2D eigenvalue weighted by molar-refractivity contribution is -0.118. The first kappa shape index (κ1) is 15.6. The summed E-state index contributed by atoms with van der Waals surface area (Å²) in [6, 6.07) is 15.3. The molecule has 0 unspecified atom stereocenters. The molecule has 1 aromatic heterocycles. The molecule has 25 heavy (non-hydrogen) atoms. The standard InChI is InChI=1S/C20H19N3O2/c1-20(2)12-13-7-3-6-10-17(13)23(20)18(24)11-16-14-8-4-5-9-15(14)19(25)22-21-16/h3-10H,11-12H2,1-2H3,(H,22,25). The van der Waals surface area contributed by atoms with Crippen molar-refractivity contribution in [1.82, 2.24) is 10.2 Å². The minimum absolute atomic E-state index is 0.0142. The quantitative estimate of drug-likeness (QED) is 0.784. The van der Waals surface area contributed by atoms with Gasteiger partial charge in [-0.05, 0) is 38.0 Å². The second-order valence-electron chi connectivity index (χ2n) is 7.07. The number of nitrogens with zero attached hydrogens (tertiary/aromatic N) is 2. The van der Waals surface area contributed by atoms with Crippen molar-refractivity contribution in [3.05, 3.63) is 70.1 Å². The molecule has 2 aromatic carbocycles. The monoisotopic (exact) mass is 333 g/mol. The smallest absolute Gasteiger partial charge is 0.272 e. The zero-order chi connectivity index (χ0) is 17.6. The summed E-state index contributed by atoms with van der Waals surface area (Å²) in [6.45, 7) is 4.15. The van der Waals surface area contributed by atoms with Crippen molar-refractivity contribution in [1.29, 1.82) is 0 Å². The van der Waals surface area contributed by atoms with E-state index in [9.17, 15) is 9.59 Å². The average Bonchev–Trinajstić information content (AvgIpc) is 2.87. The van der Waals surface area contributed by atoms with Crippen LogP contribution in [0.5, 0.6) is 0 Å². The van der Waals surface area contributed by atoms with Crippen LogP contribution in [0.4, 0.5) is 5.69 Å². The van der Waals surface area contributed by atoms with Gasteiger partial charge in [0.25, 0.3) is 5.56 Å². The molecule has 5 heteroatoms. The van der Waals surface area contributed by atoms with Gasteiger partial charge < -0.3 is 4.90 Å². The molecule has 3 aromatic rings. The Balaban J connectivity index is 1.74. The van der Waals surface area contributed by atoms with Crippen LogP contribution in [0.1, 0.15) is 25.1 Å². The van der Waals surface area contributed by atoms with Crippen LogP contribution in [0, 0.1) is 0 Å². The molecule has 0 spiro atoms. The molecule has 5 nitrogen and oxygen atoms in total. The zero-order valence-corrected chi connectivity index (χ0v) is 14.2. The summed E-state index contributed by atoms with van der Waals surface area (Å²) in [7, 11) is 0. The van der Waals surface area contributed by atoms with Gasteiger partial charge in [-0.1, -0.05) is 36.4 Å². The Bertz CT molecular complexity index is 1040. The van der Waals surface area contributed by atoms with Crippen LogP contribution in [0.15, 0.2) is 53.3 Å². The first-order chi connectivity index (χ1) is 12.0. The summed E-state index contributed by atoms with van der Waals surface area (Å²) >= 11 is 0. The summed E-state index contributed by atoms with van der Waals surface area (Å²) < 4.78 is 0. The average molecular weight is 333 g/mol. The highest BCUT2D eigenvalue weighted by Gasteiger charge is 2.39. The number of aromatic nitrogens is 2. The van der Waals surface area contributed by atoms with Gasteiger partial charge in [0.15, 0.2) is 0 Å². The van der Waals surface area contributed by atoms with Crippen LogP contribution >= 0.6 is 0 Å². The molecule has 0 fully saturated rings. The molecule has 1 aliphatic rings. The molecule has 0 bridgehead atoms. The highest BCUT2D eigenvalue weighted by Crippen LogP contribution is 2.38. The molecule has 4 rings (SSSR count). The molecule has 0 saturated carbocycles. The molecule has 0 saturated heterocycles. The van der Waals surface area contributed by atoms with E-state index in [1.807, 2.05) is 41.3 Å². The number of aromatic amines is 1. The molecular weight excluding hydrogens is 314 g/mol. The van der Waals surface area contributed by atoms with Crippen LogP contribution in [0.2, 0.25) is 0 Å². The SMILES string of the molecule is CC1(C)Cc2ccccc2N1C(=O)Cc1n[nH]c(=O)c2ccccc12. The first-order valence-electron chi connectivity index (χ1n) is 8.35. The number of hydrogen-bond acceptors (Lipinski definition) is 3. The lowest BCUT2D eigenvalue weighted by Crippen LogP contribution is -2.46. The zero-order valence-electron chi connectivity index (χ0n) is 14.2. The van der Waals surface area contributed by atoms with Crippen LogP contribution in [0.25, 0.3) is 10.8 Å². The van der Waals surface area contributed by atoms with Gasteiger partial charge in [-0.25, -0.2) is 5.10 Å². The number of para-hydroxylation sites is 1. The number of benzene rings is 2. The minimum Gasteiger partial charge on any atom is -0.306 e. The number of amides is 1. The van der Waals surface area contributed by atoms with Crippen molar-refractivity contribution in [2.75, 3.05) is 4.90 Å². The maximum absolute atomic E-state index is 13.1. The third kappa shape index (κ3) is 2.52. The van der Waals surface area contributed by atoms with E-state index in [0.717, 1.165) is 17.5 Å². The first-order valence-corrected chi connectivity index (χ1v) is 8.35. The third-order valence-corrected chi connectivity index (χ3v) is 4.80. The minimum atomic E-state index is -0.279. The number of nitrogens with one attached hydrogen (secondary N) is 1. The highest BCUT2D eigenvalue weighted by atomic mass is 16.2. The van der Waals surface area contributed by atoms with E-state index in [2.05, 4.69) is 30.1 Å². The van der Waals surface area contributed by atoms with Crippen LogP contribution in [-0.4, -0.2) is 21.6 Å². The van der Waals surface area contributed by atoms with E-state index in [4.69, 9.17) is 0 Å². The number of carbonyl (C=O) groups excluding carboxylic acids is 1. The van der Waals surface area contributed by atoms with E-state index in [-0.39, 0.29) is 23.4 Å². The Morgan fingerprint density at radius 3 is 2.60 bits per heavy atom. The molecule has 0 radical (unpaired) electrons. The van der Waals surface area contributed by atoms with Crippen molar-refractivity contribution >= 4 is 22.4 Å². The van der Waals surface area contributed by atoms with Crippen LogP contribution in [0.3, 0.4) is 0 Å². The summed E-state index contributed by atoms with van der Waals surface area (Å²) in [5.41, 5.74) is 2.23. The number of rotatable bonds is 2. The Morgan fingerprint density at radius 1 is 1.12 bits per heavy atom. The lowest BCUT2D eigenvalue weighted by atomic mass is 9.99. The molecule has 0 atom stereocenters. The summed E-state index contributed by atoms with van der Waals surface area (Å²) in [5, 5.41) is 7.92. The van der Waals surface area contributed by atoms with Crippen LogP contribution in [-0.2, 0) is 17.6 Å². The number of carbonyl (C=O) groups is 1. The fraction of sp³-hybridized carbons (Fsp3) is 0.250. The fourth-order valence-electron chi connectivity index (χ4n) is 3.75.